The molecule has 1 saturated carbocycles. The summed E-state index contributed by atoms with van der Waals surface area (Å²) < 4.78 is 10.7. The molecule has 1 aliphatic rings. The van der Waals surface area contributed by atoms with Crippen LogP contribution in [0.3, 0.4) is 0 Å². The van der Waals surface area contributed by atoms with Crippen molar-refractivity contribution in [3.63, 3.8) is 0 Å². The Balaban J connectivity index is 1.68. The van der Waals surface area contributed by atoms with Crippen LogP contribution in [0.25, 0.3) is 0 Å². The zero-order valence-corrected chi connectivity index (χ0v) is 21.4. The van der Waals surface area contributed by atoms with Gasteiger partial charge in [-0.15, -0.1) is 11.8 Å². The highest BCUT2D eigenvalue weighted by Crippen LogP contribution is 2.33. The zero-order valence-electron chi connectivity index (χ0n) is 20.6. The summed E-state index contributed by atoms with van der Waals surface area (Å²) in [5.41, 5.74) is 2.60. The van der Waals surface area contributed by atoms with E-state index in [4.69, 9.17) is 9.47 Å². The summed E-state index contributed by atoms with van der Waals surface area (Å²) in [6.07, 6.45) is 5.00. The average Bonchev–Trinajstić information content (AvgIpc) is 2.82. The second-order valence-corrected chi connectivity index (χ2v) is 10.9. The van der Waals surface area contributed by atoms with Crippen molar-refractivity contribution in [1.82, 2.24) is 0 Å². The van der Waals surface area contributed by atoms with Crippen LogP contribution in [-0.2, 0) is 15.3 Å². The molecule has 5 nitrogen and oxygen atoms in total. The van der Waals surface area contributed by atoms with Crippen LogP contribution in [0.15, 0.2) is 47.4 Å². The minimum atomic E-state index is -0.456. The summed E-state index contributed by atoms with van der Waals surface area (Å²) in [5, 5.41) is 6.76. The standard InChI is InChI=1S/C27H38N2O3S/c1-27(2,3)26(30)29-25-16-23(33-18-20-8-12-22(32-5)13-9-20)14-15-24(25)28-17-19-6-10-21(31-4)11-7-19/h8-9,12-16,19,21,28H,6-7,10-11,17-18H2,1-5H3,(H,29,30). The SMILES string of the molecule is COc1ccc(CSc2ccc(NCC3CCC(OC)CC3)c(NC(=O)C(C)(C)C)c2)cc1. The van der Waals surface area contributed by atoms with Crippen molar-refractivity contribution in [1.29, 1.82) is 0 Å². The van der Waals surface area contributed by atoms with Crippen LogP contribution in [0, 0.1) is 11.3 Å². The Morgan fingerprint density at radius 2 is 1.70 bits per heavy atom. The first kappa shape index (κ1) is 25.4. The fourth-order valence-corrected chi connectivity index (χ4v) is 4.79. The summed E-state index contributed by atoms with van der Waals surface area (Å²) in [7, 11) is 3.49. The maximum absolute atomic E-state index is 12.7. The van der Waals surface area contributed by atoms with Crippen molar-refractivity contribution >= 4 is 29.0 Å². The summed E-state index contributed by atoms with van der Waals surface area (Å²) in [6, 6.07) is 14.4. The van der Waals surface area contributed by atoms with Gasteiger partial charge in [-0.1, -0.05) is 32.9 Å². The van der Waals surface area contributed by atoms with E-state index in [-0.39, 0.29) is 5.91 Å². The molecule has 0 spiro atoms. The molecule has 0 aliphatic heterocycles. The molecule has 1 amide bonds. The molecule has 6 heteroatoms. The highest BCUT2D eigenvalue weighted by molar-refractivity contribution is 7.98. The quantitative estimate of drug-likeness (QED) is 0.405. The van der Waals surface area contributed by atoms with Gasteiger partial charge in [0.25, 0.3) is 0 Å². The third-order valence-electron chi connectivity index (χ3n) is 6.19. The number of amides is 1. The van der Waals surface area contributed by atoms with Gasteiger partial charge in [-0.2, -0.15) is 0 Å². The summed E-state index contributed by atoms with van der Waals surface area (Å²) in [4.78, 5) is 13.9. The molecule has 1 aliphatic carbocycles. The van der Waals surface area contributed by atoms with Gasteiger partial charge in [0.2, 0.25) is 5.91 Å². The summed E-state index contributed by atoms with van der Waals surface area (Å²) in [5.74, 6) is 2.36. The van der Waals surface area contributed by atoms with E-state index in [0.717, 1.165) is 47.2 Å². The number of hydrogen-bond donors (Lipinski definition) is 2. The largest absolute Gasteiger partial charge is 0.497 e. The lowest BCUT2D eigenvalue weighted by molar-refractivity contribution is -0.123. The summed E-state index contributed by atoms with van der Waals surface area (Å²) >= 11 is 1.76. The van der Waals surface area contributed by atoms with E-state index in [1.807, 2.05) is 40.0 Å². The number of rotatable bonds is 9. The van der Waals surface area contributed by atoms with Gasteiger partial charge in [-0.3, -0.25) is 4.79 Å². The number of anilines is 2. The van der Waals surface area contributed by atoms with Crippen molar-refractivity contribution in [3.05, 3.63) is 48.0 Å². The van der Waals surface area contributed by atoms with E-state index in [2.05, 4.69) is 41.0 Å². The average molecular weight is 471 g/mol. The topological polar surface area (TPSA) is 59.6 Å². The van der Waals surface area contributed by atoms with E-state index >= 15 is 0 Å². The normalized spacial score (nSPS) is 18.6. The number of thioether (sulfide) groups is 1. The van der Waals surface area contributed by atoms with Gasteiger partial charge < -0.3 is 20.1 Å². The van der Waals surface area contributed by atoms with Crippen molar-refractivity contribution in [2.45, 2.75) is 63.2 Å². The Bertz CT molecular complexity index is 901. The number of nitrogens with one attached hydrogen (secondary N) is 2. The first-order valence-corrected chi connectivity index (χ1v) is 12.7. The van der Waals surface area contributed by atoms with E-state index in [1.54, 1.807) is 18.9 Å². The van der Waals surface area contributed by atoms with Crippen molar-refractivity contribution in [3.8, 4) is 5.75 Å². The van der Waals surface area contributed by atoms with Gasteiger partial charge in [0, 0.05) is 29.7 Å². The number of methoxy groups -OCH3 is 2. The molecule has 180 valence electrons. The van der Waals surface area contributed by atoms with E-state index in [1.165, 1.54) is 18.4 Å². The van der Waals surface area contributed by atoms with Crippen molar-refractivity contribution in [2.75, 3.05) is 31.4 Å². The fraction of sp³-hybridized carbons (Fsp3) is 0.519. The number of benzene rings is 2. The first-order valence-electron chi connectivity index (χ1n) is 11.8. The van der Waals surface area contributed by atoms with Crippen LogP contribution < -0.4 is 15.4 Å². The van der Waals surface area contributed by atoms with Gasteiger partial charge in [0.05, 0.1) is 24.6 Å². The molecule has 2 aromatic rings. The summed E-state index contributed by atoms with van der Waals surface area (Å²) in [6.45, 7) is 6.72. The molecule has 33 heavy (non-hydrogen) atoms. The van der Waals surface area contributed by atoms with Gasteiger partial charge in [-0.05, 0) is 67.5 Å². The zero-order chi connectivity index (χ0) is 23.8. The number of carbonyl (C=O) groups is 1. The van der Waals surface area contributed by atoms with Crippen LogP contribution in [0.5, 0.6) is 5.75 Å². The molecule has 0 unspecified atom stereocenters. The fourth-order valence-electron chi connectivity index (χ4n) is 3.89. The smallest absolute Gasteiger partial charge is 0.229 e. The van der Waals surface area contributed by atoms with Gasteiger partial charge in [0.1, 0.15) is 5.75 Å². The van der Waals surface area contributed by atoms with Crippen molar-refractivity contribution in [2.24, 2.45) is 11.3 Å². The molecule has 0 bridgehead atoms. The second kappa shape index (κ2) is 11.8. The second-order valence-electron chi connectivity index (χ2n) is 9.81. The third-order valence-corrected chi connectivity index (χ3v) is 7.26. The lowest BCUT2D eigenvalue weighted by atomic mass is 9.87. The lowest BCUT2D eigenvalue weighted by Gasteiger charge is -2.28. The Hall–Kier alpha value is -2.18. The predicted octanol–water partition coefficient (Wildman–Crippen LogP) is 6.59. The first-order chi connectivity index (χ1) is 15.8. The van der Waals surface area contributed by atoms with Gasteiger partial charge in [-0.25, -0.2) is 0 Å². The minimum absolute atomic E-state index is 0.0171. The third kappa shape index (κ3) is 7.68. The van der Waals surface area contributed by atoms with E-state index < -0.39 is 5.41 Å². The molecule has 0 saturated heterocycles. The molecule has 0 aromatic heterocycles. The molecule has 3 rings (SSSR count). The Kier molecular flexibility index (Phi) is 9.10. The van der Waals surface area contributed by atoms with Crippen LogP contribution in [0.2, 0.25) is 0 Å². The van der Waals surface area contributed by atoms with Crippen molar-refractivity contribution < 1.29 is 14.3 Å². The monoisotopic (exact) mass is 470 g/mol. The molecule has 0 atom stereocenters. The Labute approximate surface area is 203 Å². The van der Waals surface area contributed by atoms with E-state index in [9.17, 15) is 4.79 Å². The highest BCUT2D eigenvalue weighted by Gasteiger charge is 2.23. The molecule has 2 N–H and O–H groups in total. The number of hydrogen-bond acceptors (Lipinski definition) is 5. The van der Waals surface area contributed by atoms with Gasteiger partial charge in [0.15, 0.2) is 0 Å². The molecular weight excluding hydrogens is 432 g/mol. The predicted molar refractivity (Wildman–Crippen MR) is 138 cm³/mol. The Morgan fingerprint density at radius 1 is 1.00 bits per heavy atom. The maximum atomic E-state index is 12.7. The van der Waals surface area contributed by atoms with Crippen LogP contribution in [0.4, 0.5) is 11.4 Å². The number of ether oxygens (including phenoxy) is 2. The Morgan fingerprint density at radius 3 is 2.30 bits per heavy atom. The molecule has 2 aromatic carbocycles. The molecule has 0 heterocycles. The highest BCUT2D eigenvalue weighted by atomic mass is 32.2. The maximum Gasteiger partial charge on any atom is 0.229 e. The van der Waals surface area contributed by atoms with Crippen LogP contribution in [0.1, 0.15) is 52.0 Å². The minimum Gasteiger partial charge on any atom is -0.497 e. The van der Waals surface area contributed by atoms with Crippen LogP contribution >= 0.6 is 11.8 Å². The van der Waals surface area contributed by atoms with Gasteiger partial charge >= 0.3 is 0 Å². The molecular formula is C27H38N2O3S. The molecule has 0 radical (unpaired) electrons. The lowest BCUT2D eigenvalue weighted by Crippen LogP contribution is -2.28. The molecule has 1 fully saturated rings. The van der Waals surface area contributed by atoms with E-state index in [0.29, 0.717) is 12.0 Å². The number of carbonyl (C=O) groups excluding carboxylic acids is 1. The van der Waals surface area contributed by atoms with Crippen LogP contribution in [-0.4, -0.2) is 32.8 Å².